The molecule has 33 heavy (non-hydrogen) atoms. The van der Waals surface area contributed by atoms with Gasteiger partial charge >= 0.3 is 0 Å². The van der Waals surface area contributed by atoms with E-state index in [2.05, 4.69) is 55.5 Å². The zero-order valence-electron chi connectivity index (χ0n) is 19.0. The van der Waals surface area contributed by atoms with Gasteiger partial charge in [-0.1, -0.05) is 12.1 Å². The highest BCUT2D eigenvalue weighted by Crippen LogP contribution is 2.24. The molecule has 0 amide bonds. The van der Waals surface area contributed by atoms with E-state index < -0.39 is 0 Å². The maximum Gasteiger partial charge on any atom is 0.227 e. The van der Waals surface area contributed by atoms with Gasteiger partial charge in [-0.2, -0.15) is 10.1 Å². The number of hydrogen-bond acceptors (Lipinski definition) is 7. The molecule has 2 aromatic heterocycles. The van der Waals surface area contributed by atoms with Gasteiger partial charge in [-0.05, 0) is 61.9 Å². The van der Waals surface area contributed by atoms with E-state index in [9.17, 15) is 0 Å². The van der Waals surface area contributed by atoms with Crippen LogP contribution in [-0.2, 0) is 6.54 Å². The Labute approximate surface area is 193 Å². The van der Waals surface area contributed by atoms with Crippen LogP contribution in [-0.4, -0.2) is 58.4 Å². The number of rotatable bonds is 7. The Balaban J connectivity index is 1.26. The summed E-state index contributed by atoms with van der Waals surface area (Å²) < 4.78 is 5.37. The first-order chi connectivity index (χ1) is 16.2. The van der Waals surface area contributed by atoms with Crippen LogP contribution in [0.1, 0.15) is 18.4 Å². The van der Waals surface area contributed by atoms with Crippen molar-refractivity contribution >= 4 is 28.4 Å². The van der Waals surface area contributed by atoms with Crippen molar-refractivity contribution in [2.24, 2.45) is 0 Å². The lowest BCUT2D eigenvalue weighted by Crippen LogP contribution is -2.46. The Bertz CT molecular complexity index is 1220. The number of aromatic nitrogens is 4. The number of fused-ring (bicyclic) bond motifs is 1. The van der Waals surface area contributed by atoms with E-state index in [1.54, 1.807) is 7.11 Å². The predicted molar refractivity (Wildman–Crippen MR) is 131 cm³/mol. The molecule has 3 heterocycles. The van der Waals surface area contributed by atoms with Crippen LogP contribution in [0.5, 0.6) is 5.75 Å². The number of H-pyrrole nitrogens is 1. The van der Waals surface area contributed by atoms with Crippen molar-refractivity contribution in [1.82, 2.24) is 25.1 Å². The molecule has 0 radical (unpaired) electrons. The van der Waals surface area contributed by atoms with E-state index in [1.807, 2.05) is 42.7 Å². The van der Waals surface area contributed by atoms with Crippen LogP contribution in [0.2, 0.25) is 0 Å². The number of benzene rings is 2. The molecule has 5 rings (SSSR count). The van der Waals surface area contributed by atoms with Gasteiger partial charge in [-0.15, -0.1) is 0 Å². The second-order valence-electron chi connectivity index (χ2n) is 8.55. The first-order valence-electron chi connectivity index (χ1n) is 11.3. The molecule has 2 aromatic carbocycles. The average Bonchev–Trinajstić information content (AvgIpc) is 3.32. The number of methoxy groups -OCH3 is 1. The molecule has 0 saturated carbocycles. The van der Waals surface area contributed by atoms with Gasteiger partial charge in [0.15, 0.2) is 0 Å². The van der Waals surface area contributed by atoms with Crippen LogP contribution < -0.4 is 15.0 Å². The third-order valence-electron chi connectivity index (χ3n) is 6.22. The highest BCUT2D eigenvalue weighted by Gasteiger charge is 2.25. The summed E-state index contributed by atoms with van der Waals surface area (Å²) in [5, 5.41) is 11.5. The minimum atomic E-state index is 0.439. The molecule has 0 spiro atoms. The van der Waals surface area contributed by atoms with Crippen LogP contribution in [0, 0.1) is 0 Å². The Morgan fingerprint density at radius 2 is 2.15 bits per heavy atom. The number of nitrogens with one attached hydrogen (secondary N) is 2. The first kappa shape index (κ1) is 21.2. The van der Waals surface area contributed by atoms with Crippen molar-refractivity contribution in [2.45, 2.75) is 25.4 Å². The largest absolute Gasteiger partial charge is 0.497 e. The lowest BCUT2D eigenvalue weighted by Gasteiger charge is -2.37. The number of ether oxygens (including phenoxy) is 1. The highest BCUT2D eigenvalue weighted by molar-refractivity contribution is 5.82. The van der Waals surface area contributed by atoms with Crippen molar-refractivity contribution in [3.05, 3.63) is 66.5 Å². The monoisotopic (exact) mass is 443 g/mol. The Kier molecular flexibility index (Phi) is 6.08. The second-order valence-corrected chi connectivity index (χ2v) is 8.55. The van der Waals surface area contributed by atoms with Crippen LogP contribution >= 0.6 is 0 Å². The molecular weight excluding hydrogens is 414 g/mol. The predicted octanol–water partition coefficient (Wildman–Crippen LogP) is 4.21. The molecule has 0 bridgehead atoms. The fourth-order valence-electron chi connectivity index (χ4n) is 4.42. The van der Waals surface area contributed by atoms with E-state index in [-0.39, 0.29) is 0 Å². The molecule has 1 atom stereocenters. The molecule has 1 aliphatic rings. The van der Waals surface area contributed by atoms with Gasteiger partial charge < -0.3 is 15.0 Å². The summed E-state index contributed by atoms with van der Waals surface area (Å²) >= 11 is 0. The third-order valence-corrected chi connectivity index (χ3v) is 6.22. The highest BCUT2D eigenvalue weighted by atomic mass is 16.5. The molecule has 8 nitrogen and oxygen atoms in total. The minimum absolute atomic E-state index is 0.439. The zero-order chi connectivity index (χ0) is 22.6. The van der Waals surface area contributed by atoms with E-state index >= 15 is 0 Å². The number of hydrogen-bond donors (Lipinski definition) is 2. The molecule has 8 heteroatoms. The Morgan fingerprint density at radius 1 is 1.21 bits per heavy atom. The molecule has 1 unspecified atom stereocenters. The quantitative estimate of drug-likeness (QED) is 0.443. The van der Waals surface area contributed by atoms with Crippen molar-refractivity contribution in [2.75, 3.05) is 37.5 Å². The SMILES string of the molecule is COc1cccc(CN(C)C2CCCN(c3nccc(Nc4ccc5[nH]ncc5c4)n3)C2)c1. The standard InChI is InChI=1S/C25H29N7O/c1-31(16-18-5-3-7-22(13-18)33-2)21-6-4-12-32(17-21)25-26-11-10-24(29-25)28-20-8-9-23-19(14-20)15-27-30-23/h3,5,7-11,13-15,21H,4,6,12,16-17H2,1-2H3,(H,27,30)(H,26,28,29). The summed E-state index contributed by atoms with van der Waals surface area (Å²) in [6.45, 7) is 2.76. The van der Waals surface area contributed by atoms with Crippen LogP contribution in [0.4, 0.5) is 17.5 Å². The topological polar surface area (TPSA) is 82.2 Å². The summed E-state index contributed by atoms with van der Waals surface area (Å²) in [5.74, 6) is 2.45. The van der Waals surface area contributed by atoms with E-state index in [1.165, 1.54) is 12.0 Å². The maximum absolute atomic E-state index is 5.37. The number of likely N-dealkylation sites (N-methyl/N-ethyl adjacent to an activating group) is 1. The number of aromatic amines is 1. The molecule has 1 fully saturated rings. The fraction of sp³-hybridized carbons (Fsp3) is 0.320. The van der Waals surface area contributed by atoms with Crippen molar-refractivity contribution in [1.29, 1.82) is 0 Å². The van der Waals surface area contributed by atoms with Gasteiger partial charge in [-0.3, -0.25) is 10.00 Å². The lowest BCUT2D eigenvalue weighted by atomic mass is 10.0. The van der Waals surface area contributed by atoms with Crippen LogP contribution in [0.25, 0.3) is 10.9 Å². The molecule has 4 aromatic rings. The summed E-state index contributed by atoms with van der Waals surface area (Å²) in [7, 11) is 3.90. The Hall–Kier alpha value is -3.65. The lowest BCUT2D eigenvalue weighted by molar-refractivity contribution is 0.207. The Morgan fingerprint density at radius 3 is 3.06 bits per heavy atom. The van der Waals surface area contributed by atoms with E-state index in [0.29, 0.717) is 6.04 Å². The van der Waals surface area contributed by atoms with Gasteiger partial charge in [0.05, 0.1) is 18.8 Å². The first-order valence-corrected chi connectivity index (χ1v) is 11.3. The van der Waals surface area contributed by atoms with Crippen LogP contribution in [0.15, 0.2) is 60.9 Å². The second kappa shape index (κ2) is 9.46. The normalized spacial score (nSPS) is 16.3. The zero-order valence-corrected chi connectivity index (χ0v) is 19.0. The molecule has 170 valence electrons. The van der Waals surface area contributed by atoms with Gasteiger partial charge in [0.1, 0.15) is 11.6 Å². The maximum atomic E-state index is 5.37. The van der Waals surface area contributed by atoms with E-state index in [4.69, 9.17) is 9.72 Å². The third kappa shape index (κ3) is 4.90. The van der Waals surface area contributed by atoms with Crippen molar-refractivity contribution in [3.8, 4) is 5.75 Å². The summed E-state index contributed by atoms with van der Waals surface area (Å²) in [4.78, 5) is 14.1. The molecule has 1 aliphatic heterocycles. The molecule has 1 saturated heterocycles. The smallest absolute Gasteiger partial charge is 0.227 e. The van der Waals surface area contributed by atoms with Crippen LogP contribution in [0.3, 0.4) is 0 Å². The van der Waals surface area contributed by atoms with Gasteiger partial charge in [0.2, 0.25) is 5.95 Å². The molecular formula is C25H29N7O. The van der Waals surface area contributed by atoms with Gasteiger partial charge in [0, 0.05) is 42.9 Å². The fourth-order valence-corrected chi connectivity index (χ4v) is 4.42. The summed E-state index contributed by atoms with van der Waals surface area (Å²) in [5.41, 5.74) is 3.25. The van der Waals surface area contributed by atoms with Crippen molar-refractivity contribution < 1.29 is 4.74 Å². The van der Waals surface area contributed by atoms with Crippen molar-refractivity contribution in [3.63, 3.8) is 0 Å². The number of nitrogens with zero attached hydrogens (tertiary/aromatic N) is 5. The summed E-state index contributed by atoms with van der Waals surface area (Å²) in [6.07, 6.45) is 5.93. The summed E-state index contributed by atoms with van der Waals surface area (Å²) in [6, 6.07) is 16.7. The average molecular weight is 444 g/mol. The molecule has 2 N–H and O–H groups in total. The molecule has 0 aliphatic carbocycles. The van der Waals surface area contributed by atoms with Gasteiger partial charge in [-0.25, -0.2) is 4.98 Å². The number of anilines is 3. The minimum Gasteiger partial charge on any atom is -0.497 e. The number of piperidine rings is 1. The van der Waals surface area contributed by atoms with E-state index in [0.717, 1.165) is 60.2 Å². The van der Waals surface area contributed by atoms with Gasteiger partial charge in [0.25, 0.3) is 0 Å².